The molecule has 7 heteroatoms. The van der Waals surface area contributed by atoms with Gasteiger partial charge in [0.15, 0.2) is 0 Å². The molecule has 1 unspecified atom stereocenters. The van der Waals surface area contributed by atoms with Gasteiger partial charge in [-0.2, -0.15) is 5.26 Å². The summed E-state index contributed by atoms with van der Waals surface area (Å²) < 4.78 is 0. The summed E-state index contributed by atoms with van der Waals surface area (Å²) in [6.07, 6.45) is 5.03. The van der Waals surface area contributed by atoms with Crippen LogP contribution in [-0.4, -0.2) is 54.3 Å². The minimum atomic E-state index is 0.0556. The summed E-state index contributed by atoms with van der Waals surface area (Å²) in [5, 5.41) is 15.6. The van der Waals surface area contributed by atoms with E-state index in [9.17, 15) is 0 Å². The minimum absolute atomic E-state index is 0.0556. The molecule has 0 amide bonds. The van der Waals surface area contributed by atoms with Crippen molar-refractivity contribution in [2.24, 2.45) is 9.98 Å². The van der Waals surface area contributed by atoms with Gasteiger partial charge in [0.2, 0.25) is 5.96 Å². The van der Waals surface area contributed by atoms with E-state index in [0.29, 0.717) is 18.9 Å². The lowest BCUT2D eigenvalue weighted by Gasteiger charge is -2.20. The van der Waals surface area contributed by atoms with Crippen molar-refractivity contribution in [1.82, 2.24) is 15.2 Å². The maximum absolute atomic E-state index is 9.14. The van der Waals surface area contributed by atoms with E-state index in [2.05, 4.69) is 43.6 Å². The Morgan fingerprint density at radius 2 is 2.24 bits per heavy atom. The fourth-order valence-corrected chi connectivity index (χ4v) is 4.27. The van der Waals surface area contributed by atoms with E-state index >= 15 is 0 Å². The van der Waals surface area contributed by atoms with Gasteiger partial charge >= 0.3 is 0 Å². The molecule has 1 aromatic heterocycles. The molecule has 0 spiro atoms. The van der Waals surface area contributed by atoms with E-state index in [1.807, 2.05) is 0 Å². The molecule has 2 aliphatic heterocycles. The van der Waals surface area contributed by atoms with E-state index in [1.165, 1.54) is 25.9 Å². The van der Waals surface area contributed by atoms with Crippen LogP contribution in [0.15, 0.2) is 15.4 Å². The summed E-state index contributed by atoms with van der Waals surface area (Å²) in [5.74, 6) is 0.732. The van der Waals surface area contributed by atoms with Gasteiger partial charge in [-0.3, -0.25) is 4.99 Å². The van der Waals surface area contributed by atoms with E-state index in [-0.39, 0.29) is 5.92 Å². The third-order valence-electron chi connectivity index (χ3n) is 4.70. The van der Waals surface area contributed by atoms with E-state index in [1.54, 1.807) is 11.3 Å². The molecule has 0 saturated carbocycles. The minimum Gasteiger partial charge on any atom is -0.354 e. The lowest BCUT2D eigenvalue weighted by atomic mass is 10.0. The monoisotopic (exact) mass is 358 g/mol. The van der Waals surface area contributed by atoms with Crippen LogP contribution in [0.2, 0.25) is 0 Å². The van der Waals surface area contributed by atoms with E-state index in [4.69, 9.17) is 5.26 Å². The second kappa shape index (κ2) is 9.07. The molecule has 6 nitrogen and oxygen atoms in total. The number of aliphatic imine (C=N–C) groups is 2. The summed E-state index contributed by atoms with van der Waals surface area (Å²) in [6.45, 7) is 7.22. The van der Waals surface area contributed by atoms with Crippen molar-refractivity contribution in [3.05, 3.63) is 16.1 Å². The molecule has 25 heavy (non-hydrogen) atoms. The normalized spacial score (nSPS) is 20.9. The second-order valence-electron chi connectivity index (χ2n) is 6.51. The molecule has 3 heterocycles. The van der Waals surface area contributed by atoms with Crippen LogP contribution in [0.25, 0.3) is 0 Å². The zero-order valence-electron chi connectivity index (χ0n) is 14.9. The summed E-state index contributed by atoms with van der Waals surface area (Å²) in [7, 11) is 0. The standard InChI is InChI=1S/C18H26N6S/c1-2-14-13-25-17(22-14)15-12-21-18(23-16(15)6-7-19)20-8-5-11-24-9-3-4-10-24/h13,15H,2-6,8-12H2,1H3,(H,20,21). The lowest BCUT2D eigenvalue weighted by molar-refractivity contribution is 0.334. The summed E-state index contributed by atoms with van der Waals surface area (Å²) in [6, 6.07) is 2.24. The highest BCUT2D eigenvalue weighted by molar-refractivity contribution is 7.09. The Morgan fingerprint density at radius 3 is 2.96 bits per heavy atom. The number of hydrogen-bond acceptors (Lipinski definition) is 7. The quantitative estimate of drug-likeness (QED) is 0.760. The van der Waals surface area contributed by atoms with Gasteiger partial charge in [0, 0.05) is 17.6 Å². The summed E-state index contributed by atoms with van der Waals surface area (Å²) >= 11 is 1.65. The van der Waals surface area contributed by atoms with Crippen LogP contribution in [0.1, 0.15) is 49.2 Å². The molecule has 134 valence electrons. The van der Waals surface area contributed by atoms with Gasteiger partial charge in [-0.05, 0) is 45.3 Å². The predicted octanol–water partition coefficient (Wildman–Crippen LogP) is 2.59. The number of guanidine groups is 1. The molecular formula is C18H26N6S. The molecule has 0 radical (unpaired) electrons. The Kier molecular flexibility index (Phi) is 6.54. The smallest absolute Gasteiger partial charge is 0.217 e. The average molecular weight is 359 g/mol. The van der Waals surface area contributed by atoms with Crippen LogP contribution >= 0.6 is 11.3 Å². The molecule has 0 aliphatic carbocycles. The Morgan fingerprint density at radius 1 is 1.40 bits per heavy atom. The van der Waals surface area contributed by atoms with Crippen LogP contribution in [-0.2, 0) is 6.42 Å². The van der Waals surface area contributed by atoms with Crippen molar-refractivity contribution in [3.63, 3.8) is 0 Å². The number of nitrogens with one attached hydrogen (secondary N) is 1. The van der Waals surface area contributed by atoms with Gasteiger partial charge in [0.25, 0.3) is 0 Å². The number of nitriles is 1. The van der Waals surface area contributed by atoms with Gasteiger partial charge in [-0.25, -0.2) is 9.98 Å². The Bertz CT molecular complexity index is 665. The van der Waals surface area contributed by atoms with Gasteiger partial charge in [0.05, 0.1) is 30.6 Å². The Labute approximate surface area is 153 Å². The van der Waals surface area contributed by atoms with Gasteiger partial charge < -0.3 is 10.2 Å². The average Bonchev–Trinajstić information content (AvgIpc) is 3.31. The number of rotatable bonds is 7. The number of hydrogen-bond donors (Lipinski definition) is 1. The maximum Gasteiger partial charge on any atom is 0.217 e. The van der Waals surface area contributed by atoms with Crippen LogP contribution in [0.3, 0.4) is 0 Å². The van der Waals surface area contributed by atoms with Crippen LogP contribution < -0.4 is 5.32 Å². The largest absolute Gasteiger partial charge is 0.354 e. The first-order chi connectivity index (χ1) is 12.3. The van der Waals surface area contributed by atoms with Crippen molar-refractivity contribution in [1.29, 1.82) is 5.26 Å². The second-order valence-corrected chi connectivity index (χ2v) is 7.40. The lowest BCUT2D eigenvalue weighted by Crippen LogP contribution is -2.32. The fourth-order valence-electron chi connectivity index (χ4n) is 3.25. The Hall–Kier alpha value is -1.78. The molecule has 1 fully saturated rings. The Balaban J connectivity index is 1.54. The highest BCUT2D eigenvalue weighted by Crippen LogP contribution is 2.26. The molecule has 1 aromatic rings. The fraction of sp³-hybridized carbons (Fsp3) is 0.667. The van der Waals surface area contributed by atoms with Crippen LogP contribution in [0.4, 0.5) is 0 Å². The van der Waals surface area contributed by atoms with Crippen molar-refractivity contribution < 1.29 is 0 Å². The van der Waals surface area contributed by atoms with Crippen molar-refractivity contribution in [2.75, 3.05) is 32.7 Å². The highest BCUT2D eigenvalue weighted by Gasteiger charge is 2.25. The first-order valence-corrected chi connectivity index (χ1v) is 10.1. The number of likely N-dealkylation sites (tertiary alicyclic amines) is 1. The zero-order valence-corrected chi connectivity index (χ0v) is 15.7. The highest BCUT2D eigenvalue weighted by atomic mass is 32.1. The number of thiazole rings is 1. The zero-order chi connectivity index (χ0) is 17.5. The van der Waals surface area contributed by atoms with E-state index < -0.39 is 0 Å². The van der Waals surface area contributed by atoms with E-state index in [0.717, 1.165) is 42.3 Å². The first kappa shape index (κ1) is 18.0. The SMILES string of the molecule is CCc1csc(C2CN=C(NCCCN3CCCC3)N=C2CC#N)n1. The molecule has 2 aliphatic rings. The maximum atomic E-state index is 9.14. The third-order valence-corrected chi connectivity index (χ3v) is 5.71. The first-order valence-electron chi connectivity index (χ1n) is 9.19. The molecule has 3 rings (SSSR count). The van der Waals surface area contributed by atoms with Crippen LogP contribution in [0, 0.1) is 11.3 Å². The summed E-state index contributed by atoms with van der Waals surface area (Å²) in [5.41, 5.74) is 1.99. The molecule has 0 bridgehead atoms. The van der Waals surface area contributed by atoms with Crippen molar-refractivity contribution in [2.45, 2.75) is 44.9 Å². The number of aromatic nitrogens is 1. The summed E-state index contributed by atoms with van der Waals surface area (Å²) in [4.78, 5) is 16.4. The number of aryl methyl sites for hydroxylation is 1. The molecule has 0 aromatic carbocycles. The number of nitrogens with zero attached hydrogens (tertiary/aromatic N) is 5. The van der Waals surface area contributed by atoms with Crippen molar-refractivity contribution in [3.8, 4) is 6.07 Å². The molecule has 1 N–H and O–H groups in total. The molecule has 1 saturated heterocycles. The van der Waals surface area contributed by atoms with Crippen molar-refractivity contribution >= 4 is 23.0 Å². The van der Waals surface area contributed by atoms with Gasteiger partial charge in [-0.1, -0.05) is 6.92 Å². The van der Waals surface area contributed by atoms with Gasteiger partial charge in [0.1, 0.15) is 5.01 Å². The van der Waals surface area contributed by atoms with Gasteiger partial charge in [-0.15, -0.1) is 11.3 Å². The van der Waals surface area contributed by atoms with Crippen LogP contribution in [0.5, 0.6) is 0 Å². The molecular weight excluding hydrogens is 332 g/mol. The molecule has 1 atom stereocenters. The predicted molar refractivity (Wildman–Crippen MR) is 102 cm³/mol. The third kappa shape index (κ3) is 4.86. The topological polar surface area (TPSA) is 76.7 Å².